The molecule has 0 saturated carbocycles. The number of rotatable bonds is 7. The fraction of sp³-hybridized carbons (Fsp3) is 0.462. The maximum Gasteiger partial charge on any atom is 0.254 e. The monoisotopic (exact) mass is 287 g/mol. The topological polar surface area (TPSA) is 29.1 Å². The number of hydrogen-bond donors (Lipinski definition) is 2. The Hall–Kier alpha value is -0.680. The van der Waals surface area contributed by atoms with Crippen LogP contribution >= 0.6 is 24.4 Å². The summed E-state index contributed by atoms with van der Waals surface area (Å²) in [5, 5.41) is 2.72. The van der Waals surface area contributed by atoms with Crippen molar-refractivity contribution in [3.05, 3.63) is 29.6 Å². The van der Waals surface area contributed by atoms with Crippen LogP contribution in [0.4, 0.5) is 4.39 Å². The van der Waals surface area contributed by atoms with E-state index < -0.39 is 5.82 Å². The molecule has 1 rings (SSSR count). The molecule has 0 fully saturated rings. The largest absolute Gasteiger partial charge is 0.352 e. The Bertz CT molecular complexity index is 399. The van der Waals surface area contributed by atoms with E-state index >= 15 is 0 Å². The zero-order chi connectivity index (χ0) is 13.4. The lowest BCUT2D eigenvalue weighted by Crippen LogP contribution is -2.25. The van der Waals surface area contributed by atoms with E-state index in [1.165, 1.54) is 18.2 Å². The SMILES string of the molecule is CSCCCCCNC(=O)c1cc(S)ccc1F. The van der Waals surface area contributed by atoms with E-state index in [-0.39, 0.29) is 11.5 Å². The van der Waals surface area contributed by atoms with E-state index in [2.05, 4.69) is 24.2 Å². The summed E-state index contributed by atoms with van der Waals surface area (Å²) in [7, 11) is 0. The first-order valence-corrected chi connectivity index (χ1v) is 7.75. The Morgan fingerprint density at radius 2 is 2.17 bits per heavy atom. The average Bonchev–Trinajstić information content (AvgIpc) is 2.36. The number of carbonyl (C=O) groups is 1. The van der Waals surface area contributed by atoms with Gasteiger partial charge < -0.3 is 5.32 Å². The van der Waals surface area contributed by atoms with Crippen molar-refractivity contribution >= 4 is 30.3 Å². The van der Waals surface area contributed by atoms with Gasteiger partial charge in [0.1, 0.15) is 5.82 Å². The second-order valence-electron chi connectivity index (χ2n) is 3.97. The highest BCUT2D eigenvalue weighted by atomic mass is 32.2. The Kier molecular flexibility index (Phi) is 7.20. The van der Waals surface area contributed by atoms with Crippen molar-refractivity contribution in [1.29, 1.82) is 0 Å². The Morgan fingerprint density at radius 1 is 1.39 bits per heavy atom. The van der Waals surface area contributed by atoms with Crippen molar-refractivity contribution in [3.8, 4) is 0 Å². The number of benzene rings is 1. The predicted molar refractivity (Wildman–Crippen MR) is 78.2 cm³/mol. The molecule has 1 N–H and O–H groups in total. The van der Waals surface area contributed by atoms with Gasteiger partial charge in [-0.15, -0.1) is 12.6 Å². The summed E-state index contributed by atoms with van der Waals surface area (Å²) >= 11 is 5.92. The Balaban J connectivity index is 2.34. The van der Waals surface area contributed by atoms with Crippen molar-refractivity contribution in [2.75, 3.05) is 18.6 Å². The molecule has 2 nitrogen and oxygen atoms in total. The molecule has 1 amide bonds. The van der Waals surface area contributed by atoms with Gasteiger partial charge in [0, 0.05) is 11.4 Å². The fourth-order valence-corrected chi connectivity index (χ4v) is 2.23. The summed E-state index contributed by atoms with van der Waals surface area (Å²) in [6.07, 6.45) is 5.23. The third-order valence-electron chi connectivity index (χ3n) is 2.51. The first-order chi connectivity index (χ1) is 8.65. The smallest absolute Gasteiger partial charge is 0.254 e. The summed E-state index contributed by atoms with van der Waals surface area (Å²) in [4.78, 5) is 12.3. The number of halogens is 1. The molecule has 0 unspecified atom stereocenters. The highest BCUT2D eigenvalue weighted by Gasteiger charge is 2.10. The number of carbonyl (C=O) groups excluding carboxylic acids is 1. The second kappa shape index (κ2) is 8.43. The lowest BCUT2D eigenvalue weighted by atomic mass is 10.2. The maximum absolute atomic E-state index is 13.4. The van der Waals surface area contributed by atoms with Crippen LogP contribution < -0.4 is 5.32 Å². The van der Waals surface area contributed by atoms with Gasteiger partial charge in [0.05, 0.1) is 5.56 Å². The molecule has 0 bridgehead atoms. The number of thioether (sulfide) groups is 1. The van der Waals surface area contributed by atoms with Crippen LogP contribution in [0.3, 0.4) is 0 Å². The first kappa shape index (κ1) is 15.4. The summed E-state index contributed by atoms with van der Waals surface area (Å²) < 4.78 is 13.4. The molecule has 0 heterocycles. The molecule has 1 aromatic rings. The molecular weight excluding hydrogens is 269 g/mol. The highest BCUT2D eigenvalue weighted by Crippen LogP contribution is 2.13. The van der Waals surface area contributed by atoms with Crippen LogP contribution in [-0.2, 0) is 0 Å². The first-order valence-electron chi connectivity index (χ1n) is 5.91. The number of amides is 1. The predicted octanol–water partition coefficient (Wildman–Crippen LogP) is 3.38. The summed E-state index contributed by atoms with van der Waals surface area (Å²) in [5.41, 5.74) is 0.0617. The summed E-state index contributed by atoms with van der Waals surface area (Å²) in [6.45, 7) is 0.587. The minimum atomic E-state index is -0.507. The van der Waals surface area contributed by atoms with E-state index in [1.807, 2.05) is 11.8 Å². The lowest BCUT2D eigenvalue weighted by molar-refractivity contribution is 0.0948. The minimum absolute atomic E-state index is 0.0617. The fourth-order valence-electron chi connectivity index (χ4n) is 1.53. The maximum atomic E-state index is 13.4. The molecule has 0 atom stereocenters. The van der Waals surface area contributed by atoms with Gasteiger partial charge >= 0.3 is 0 Å². The highest BCUT2D eigenvalue weighted by molar-refractivity contribution is 7.98. The second-order valence-corrected chi connectivity index (χ2v) is 5.48. The summed E-state index contributed by atoms with van der Waals surface area (Å²) in [5.74, 6) is 0.269. The third kappa shape index (κ3) is 5.31. The van der Waals surface area contributed by atoms with Crippen LogP contribution in [0.2, 0.25) is 0 Å². The Labute approximate surface area is 117 Å². The molecule has 0 radical (unpaired) electrons. The van der Waals surface area contributed by atoms with E-state index in [4.69, 9.17) is 0 Å². The lowest BCUT2D eigenvalue weighted by Gasteiger charge is -2.06. The number of thiol groups is 1. The van der Waals surface area contributed by atoms with Gasteiger partial charge in [-0.3, -0.25) is 4.79 Å². The number of unbranched alkanes of at least 4 members (excludes halogenated alkanes) is 2. The van der Waals surface area contributed by atoms with Crippen LogP contribution in [0.25, 0.3) is 0 Å². The molecule has 100 valence electrons. The number of hydrogen-bond acceptors (Lipinski definition) is 3. The van der Waals surface area contributed by atoms with Gasteiger partial charge in [-0.25, -0.2) is 4.39 Å². The molecule has 0 saturated heterocycles. The third-order valence-corrected chi connectivity index (χ3v) is 3.48. The van der Waals surface area contributed by atoms with Crippen molar-refractivity contribution in [2.24, 2.45) is 0 Å². The van der Waals surface area contributed by atoms with Crippen molar-refractivity contribution in [1.82, 2.24) is 5.32 Å². The molecule has 1 aromatic carbocycles. The van der Waals surface area contributed by atoms with Crippen molar-refractivity contribution < 1.29 is 9.18 Å². The Morgan fingerprint density at radius 3 is 2.89 bits per heavy atom. The van der Waals surface area contributed by atoms with Gasteiger partial charge in [0.25, 0.3) is 5.91 Å². The van der Waals surface area contributed by atoms with Crippen LogP contribution in [0, 0.1) is 5.82 Å². The van der Waals surface area contributed by atoms with Gasteiger partial charge in [-0.1, -0.05) is 6.42 Å². The van der Waals surface area contributed by atoms with Gasteiger partial charge in [0.15, 0.2) is 0 Å². The van der Waals surface area contributed by atoms with Crippen LogP contribution in [-0.4, -0.2) is 24.5 Å². The normalized spacial score (nSPS) is 10.4. The number of nitrogens with one attached hydrogen (secondary N) is 1. The molecule has 0 aliphatic rings. The average molecular weight is 287 g/mol. The molecular formula is C13H18FNOS2. The van der Waals surface area contributed by atoms with Gasteiger partial charge in [-0.2, -0.15) is 11.8 Å². The van der Waals surface area contributed by atoms with Gasteiger partial charge in [0.2, 0.25) is 0 Å². The zero-order valence-corrected chi connectivity index (χ0v) is 12.1. The van der Waals surface area contributed by atoms with Crippen LogP contribution in [0.15, 0.2) is 23.1 Å². The quantitative estimate of drug-likeness (QED) is 0.594. The molecule has 0 aromatic heterocycles. The van der Waals surface area contributed by atoms with Crippen molar-refractivity contribution in [3.63, 3.8) is 0 Å². The van der Waals surface area contributed by atoms with Gasteiger partial charge in [-0.05, 0) is 43.0 Å². The molecule has 0 aliphatic heterocycles. The molecule has 0 spiro atoms. The standard InChI is InChI=1S/C13H18FNOS2/c1-18-8-4-2-3-7-15-13(16)11-9-10(17)5-6-12(11)14/h5-6,9,17H,2-4,7-8H2,1H3,(H,15,16). The molecule has 18 heavy (non-hydrogen) atoms. The molecule has 0 aliphatic carbocycles. The summed E-state index contributed by atoms with van der Waals surface area (Å²) in [6, 6.07) is 4.23. The van der Waals surface area contributed by atoms with Crippen LogP contribution in [0.5, 0.6) is 0 Å². The van der Waals surface area contributed by atoms with E-state index in [0.29, 0.717) is 11.4 Å². The zero-order valence-electron chi connectivity index (χ0n) is 10.4. The van der Waals surface area contributed by atoms with Crippen molar-refractivity contribution in [2.45, 2.75) is 24.2 Å². The van der Waals surface area contributed by atoms with E-state index in [9.17, 15) is 9.18 Å². The van der Waals surface area contributed by atoms with E-state index in [1.54, 1.807) is 0 Å². The molecule has 5 heteroatoms. The van der Waals surface area contributed by atoms with E-state index in [0.717, 1.165) is 25.0 Å². The minimum Gasteiger partial charge on any atom is -0.352 e. The van der Waals surface area contributed by atoms with Crippen LogP contribution in [0.1, 0.15) is 29.6 Å².